The van der Waals surface area contributed by atoms with Crippen molar-refractivity contribution in [3.63, 3.8) is 0 Å². The number of anilines is 1. The van der Waals surface area contributed by atoms with Gasteiger partial charge in [0, 0.05) is 5.02 Å². The first-order valence-electron chi connectivity index (χ1n) is 8.76. The van der Waals surface area contributed by atoms with Crippen LogP contribution in [0.15, 0.2) is 36.4 Å². The number of nitrogens with one attached hydrogen (secondary N) is 2. The van der Waals surface area contributed by atoms with Gasteiger partial charge in [-0.2, -0.15) is 0 Å². The van der Waals surface area contributed by atoms with Gasteiger partial charge in [0.15, 0.2) is 0 Å². The summed E-state index contributed by atoms with van der Waals surface area (Å²) in [6.07, 6.45) is 0. The SMILES string of the molecule is COc1ccc(Cl)cc1NC(=O)CN(C)CC(=O)NC(C)c1ccc(Cl)c(Cl)c1. The summed E-state index contributed by atoms with van der Waals surface area (Å²) in [6.45, 7) is 1.91. The highest BCUT2D eigenvalue weighted by Crippen LogP contribution is 2.27. The van der Waals surface area contributed by atoms with Crippen molar-refractivity contribution in [1.82, 2.24) is 10.2 Å². The molecule has 0 aliphatic heterocycles. The Balaban J connectivity index is 1.87. The normalized spacial score (nSPS) is 11.8. The summed E-state index contributed by atoms with van der Waals surface area (Å²) in [6, 6.07) is 9.88. The van der Waals surface area contributed by atoms with Gasteiger partial charge in [0.25, 0.3) is 0 Å². The Labute approximate surface area is 185 Å². The summed E-state index contributed by atoms with van der Waals surface area (Å²) in [7, 11) is 3.18. The monoisotopic (exact) mass is 457 g/mol. The van der Waals surface area contributed by atoms with Crippen LogP contribution in [0.4, 0.5) is 5.69 Å². The van der Waals surface area contributed by atoms with Crippen LogP contribution in [0.3, 0.4) is 0 Å². The van der Waals surface area contributed by atoms with Crippen molar-refractivity contribution in [1.29, 1.82) is 0 Å². The molecule has 0 aliphatic rings. The maximum Gasteiger partial charge on any atom is 0.238 e. The van der Waals surface area contributed by atoms with Gasteiger partial charge in [-0.05, 0) is 49.9 Å². The van der Waals surface area contributed by atoms with Gasteiger partial charge in [0.1, 0.15) is 5.75 Å². The predicted molar refractivity (Wildman–Crippen MR) is 117 cm³/mol. The second-order valence-corrected chi connectivity index (χ2v) is 7.78. The van der Waals surface area contributed by atoms with Crippen LogP contribution in [0, 0.1) is 0 Å². The van der Waals surface area contributed by atoms with E-state index in [0.29, 0.717) is 26.5 Å². The van der Waals surface area contributed by atoms with Crippen LogP contribution in [0.2, 0.25) is 15.1 Å². The third-order valence-electron chi connectivity index (χ3n) is 4.08. The average Bonchev–Trinajstić information content (AvgIpc) is 2.63. The molecule has 0 heterocycles. The fourth-order valence-electron chi connectivity index (χ4n) is 2.67. The van der Waals surface area contributed by atoms with E-state index in [1.54, 1.807) is 48.3 Å². The van der Waals surface area contributed by atoms with Gasteiger partial charge < -0.3 is 15.4 Å². The molecule has 6 nitrogen and oxygen atoms in total. The van der Waals surface area contributed by atoms with Crippen molar-refractivity contribution in [3.05, 3.63) is 57.0 Å². The number of amides is 2. The lowest BCUT2D eigenvalue weighted by Gasteiger charge is -2.19. The first-order valence-corrected chi connectivity index (χ1v) is 9.89. The summed E-state index contributed by atoms with van der Waals surface area (Å²) in [4.78, 5) is 26.2. The Morgan fingerprint density at radius 2 is 1.72 bits per heavy atom. The van der Waals surface area contributed by atoms with E-state index in [0.717, 1.165) is 5.56 Å². The summed E-state index contributed by atoms with van der Waals surface area (Å²) >= 11 is 17.9. The lowest BCUT2D eigenvalue weighted by molar-refractivity contribution is -0.123. The number of carbonyl (C=O) groups is 2. The molecule has 2 amide bonds. The molecule has 0 spiro atoms. The second kappa shape index (κ2) is 10.7. The van der Waals surface area contributed by atoms with Gasteiger partial charge in [-0.1, -0.05) is 40.9 Å². The van der Waals surface area contributed by atoms with E-state index in [-0.39, 0.29) is 30.9 Å². The van der Waals surface area contributed by atoms with E-state index in [2.05, 4.69) is 10.6 Å². The zero-order valence-corrected chi connectivity index (χ0v) is 18.5. The number of rotatable bonds is 8. The molecule has 0 aliphatic carbocycles. The molecule has 156 valence electrons. The molecule has 1 atom stereocenters. The minimum Gasteiger partial charge on any atom is -0.495 e. The third kappa shape index (κ3) is 7.08. The van der Waals surface area contributed by atoms with E-state index in [4.69, 9.17) is 39.5 Å². The molecule has 0 saturated carbocycles. The van der Waals surface area contributed by atoms with Crippen LogP contribution in [-0.2, 0) is 9.59 Å². The topological polar surface area (TPSA) is 70.7 Å². The van der Waals surface area contributed by atoms with Crippen LogP contribution in [0.1, 0.15) is 18.5 Å². The second-order valence-electron chi connectivity index (χ2n) is 6.53. The average molecular weight is 459 g/mol. The van der Waals surface area contributed by atoms with Crippen LogP contribution in [0.5, 0.6) is 5.75 Å². The molecule has 2 N–H and O–H groups in total. The van der Waals surface area contributed by atoms with E-state index in [1.165, 1.54) is 7.11 Å². The molecule has 1 unspecified atom stereocenters. The van der Waals surface area contributed by atoms with Gasteiger partial charge in [-0.3, -0.25) is 14.5 Å². The van der Waals surface area contributed by atoms with Crippen molar-refractivity contribution in [2.45, 2.75) is 13.0 Å². The van der Waals surface area contributed by atoms with E-state index >= 15 is 0 Å². The smallest absolute Gasteiger partial charge is 0.238 e. The number of likely N-dealkylation sites (N-methyl/N-ethyl adjacent to an activating group) is 1. The van der Waals surface area contributed by atoms with Crippen LogP contribution in [0.25, 0.3) is 0 Å². The number of hydrogen-bond donors (Lipinski definition) is 2. The summed E-state index contributed by atoms with van der Waals surface area (Å²) in [5.41, 5.74) is 1.30. The fourth-order valence-corrected chi connectivity index (χ4v) is 3.14. The van der Waals surface area contributed by atoms with Crippen LogP contribution in [-0.4, -0.2) is 44.0 Å². The standard InChI is InChI=1S/C20H22Cl3N3O3/c1-12(13-4-6-15(22)16(23)8-13)24-19(27)10-26(2)11-20(28)25-17-9-14(21)5-7-18(17)29-3/h4-9,12H,10-11H2,1-3H3,(H,24,27)(H,25,28). The van der Waals surface area contributed by atoms with Gasteiger partial charge in [-0.25, -0.2) is 0 Å². The largest absolute Gasteiger partial charge is 0.495 e. The van der Waals surface area contributed by atoms with E-state index < -0.39 is 0 Å². The fraction of sp³-hybridized carbons (Fsp3) is 0.300. The molecule has 2 rings (SSSR count). The molecule has 2 aromatic rings. The van der Waals surface area contributed by atoms with Gasteiger partial charge >= 0.3 is 0 Å². The highest BCUT2D eigenvalue weighted by Gasteiger charge is 2.15. The maximum absolute atomic E-state index is 12.3. The van der Waals surface area contributed by atoms with Crippen molar-refractivity contribution in [2.24, 2.45) is 0 Å². The number of methoxy groups -OCH3 is 1. The minimum absolute atomic E-state index is 0.0181. The molecule has 0 fully saturated rings. The molecular formula is C20H22Cl3N3O3. The Hall–Kier alpha value is -1.99. The van der Waals surface area contributed by atoms with E-state index in [1.807, 2.05) is 6.92 Å². The highest BCUT2D eigenvalue weighted by atomic mass is 35.5. The number of nitrogens with zero attached hydrogens (tertiary/aromatic N) is 1. The minimum atomic E-state index is -0.293. The summed E-state index contributed by atoms with van der Waals surface area (Å²) < 4.78 is 5.20. The van der Waals surface area contributed by atoms with Gasteiger partial charge in [-0.15, -0.1) is 0 Å². The van der Waals surface area contributed by atoms with Crippen molar-refractivity contribution in [3.8, 4) is 5.75 Å². The lowest BCUT2D eigenvalue weighted by Crippen LogP contribution is -2.39. The Bertz CT molecular complexity index is 893. The summed E-state index contributed by atoms with van der Waals surface area (Å²) in [5, 5.41) is 6.96. The Morgan fingerprint density at radius 3 is 2.38 bits per heavy atom. The lowest BCUT2D eigenvalue weighted by atomic mass is 10.1. The predicted octanol–water partition coefficient (Wildman–Crippen LogP) is 4.40. The number of halogens is 3. The van der Waals surface area contributed by atoms with E-state index in [9.17, 15) is 9.59 Å². The first-order chi connectivity index (χ1) is 13.7. The van der Waals surface area contributed by atoms with Crippen molar-refractivity contribution < 1.29 is 14.3 Å². The molecule has 29 heavy (non-hydrogen) atoms. The number of carbonyl (C=O) groups excluding carboxylic acids is 2. The zero-order valence-electron chi connectivity index (χ0n) is 16.3. The van der Waals surface area contributed by atoms with Gasteiger partial charge in [0.05, 0.1) is 42.0 Å². The summed E-state index contributed by atoms with van der Waals surface area (Å²) in [5.74, 6) is -0.0174. The molecule has 0 bridgehead atoms. The number of ether oxygens (including phenoxy) is 1. The van der Waals surface area contributed by atoms with Crippen LogP contribution >= 0.6 is 34.8 Å². The molecule has 0 aromatic heterocycles. The molecule has 0 saturated heterocycles. The Morgan fingerprint density at radius 1 is 1.03 bits per heavy atom. The molecular weight excluding hydrogens is 437 g/mol. The highest BCUT2D eigenvalue weighted by molar-refractivity contribution is 6.42. The van der Waals surface area contributed by atoms with Crippen molar-refractivity contribution >= 4 is 52.3 Å². The van der Waals surface area contributed by atoms with Crippen molar-refractivity contribution in [2.75, 3.05) is 32.6 Å². The third-order valence-corrected chi connectivity index (χ3v) is 5.06. The molecule has 9 heteroatoms. The van der Waals surface area contributed by atoms with Gasteiger partial charge in [0.2, 0.25) is 11.8 Å². The number of benzene rings is 2. The Kier molecular flexibility index (Phi) is 8.59. The number of hydrogen-bond acceptors (Lipinski definition) is 4. The molecule has 2 aromatic carbocycles. The zero-order chi connectivity index (χ0) is 21.6. The maximum atomic E-state index is 12.3. The quantitative estimate of drug-likeness (QED) is 0.615. The first kappa shape index (κ1) is 23.3. The van der Waals surface area contributed by atoms with Crippen LogP contribution < -0.4 is 15.4 Å². The molecule has 0 radical (unpaired) electrons.